The van der Waals surface area contributed by atoms with Crippen LogP contribution in [-0.2, 0) is 0 Å². The van der Waals surface area contributed by atoms with Gasteiger partial charge in [0, 0.05) is 19.2 Å². The van der Waals surface area contributed by atoms with Crippen molar-refractivity contribution in [1.82, 2.24) is 15.1 Å². The van der Waals surface area contributed by atoms with Gasteiger partial charge in [-0.3, -0.25) is 9.59 Å². The molecular formula is C12H17N3O2. The molecule has 5 heteroatoms. The number of carbonyl (C=O) groups excluding carboxylic acids is 1. The standard InChI is InChI=1S/C12H17N3O2/c1-2-15(8-9-4-3-5-9)12(17)10-6-7-11(16)14-13-10/h6-7,9H,2-5,8H2,1H3,(H,14,16). The molecule has 0 aromatic carbocycles. The number of carbonyl (C=O) groups is 1. The second-order valence-electron chi connectivity index (χ2n) is 4.45. The van der Waals surface area contributed by atoms with Crippen molar-refractivity contribution in [3.05, 3.63) is 28.2 Å². The molecule has 0 saturated heterocycles. The van der Waals surface area contributed by atoms with Crippen LogP contribution in [0.25, 0.3) is 0 Å². The molecule has 1 aromatic heterocycles. The van der Waals surface area contributed by atoms with Gasteiger partial charge in [0.05, 0.1) is 0 Å². The average Bonchev–Trinajstić information content (AvgIpc) is 2.28. The summed E-state index contributed by atoms with van der Waals surface area (Å²) >= 11 is 0. The highest BCUT2D eigenvalue weighted by molar-refractivity contribution is 5.92. The number of amides is 1. The van der Waals surface area contributed by atoms with Crippen LogP contribution >= 0.6 is 0 Å². The number of nitrogens with one attached hydrogen (secondary N) is 1. The Labute approximate surface area is 99.8 Å². The molecule has 1 aromatic rings. The molecule has 17 heavy (non-hydrogen) atoms. The van der Waals surface area contributed by atoms with E-state index in [1.165, 1.54) is 31.4 Å². The molecule has 1 amide bonds. The Bertz CT molecular complexity index is 431. The molecule has 0 radical (unpaired) electrons. The summed E-state index contributed by atoms with van der Waals surface area (Å²) in [6.45, 7) is 3.44. The van der Waals surface area contributed by atoms with Gasteiger partial charge in [0.1, 0.15) is 5.69 Å². The minimum absolute atomic E-state index is 0.101. The number of H-pyrrole nitrogens is 1. The highest BCUT2D eigenvalue weighted by Gasteiger charge is 2.23. The van der Waals surface area contributed by atoms with Gasteiger partial charge in [0.2, 0.25) is 0 Å². The van der Waals surface area contributed by atoms with Gasteiger partial charge >= 0.3 is 0 Å². The summed E-state index contributed by atoms with van der Waals surface area (Å²) in [4.78, 5) is 24.8. The Kier molecular flexibility index (Phi) is 3.56. The lowest BCUT2D eigenvalue weighted by Crippen LogP contribution is -2.38. The summed E-state index contributed by atoms with van der Waals surface area (Å²) in [5, 5.41) is 6.06. The highest BCUT2D eigenvalue weighted by atomic mass is 16.2. The molecule has 1 aliphatic rings. The van der Waals surface area contributed by atoms with Crippen LogP contribution in [0.2, 0.25) is 0 Å². The SMILES string of the molecule is CCN(CC1CCC1)C(=O)c1ccc(=O)[nH]n1. The topological polar surface area (TPSA) is 66.1 Å². The predicted octanol–water partition coefficient (Wildman–Crippen LogP) is 1.03. The third-order valence-corrected chi connectivity index (χ3v) is 3.27. The molecule has 5 nitrogen and oxygen atoms in total. The maximum Gasteiger partial charge on any atom is 0.274 e. The normalized spacial score (nSPS) is 15.4. The maximum absolute atomic E-state index is 12.1. The zero-order chi connectivity index (χ0) is 12.3. The van der Waals surface area contributed by atoms with Gasteiger partial charge in [0.15, 0.2) is 0 Å². The van der Waals surface area contributed by atoms with Gasteiger partial charge in [-0.1, -0.05) is 6.42 Å². The number of aromatic nitrogens is 2. The minimum atomic E-state index is -0.288. The van der Waals surface area contributed by atoms with Crippen molar-refractivity contribution in [3.8, 4) is 0 Å². The Balaban J connectivity index is 2.05. The van der Waals surface area contributed by atoms with Crippen molar-refractivity contribution < 1.29 is 4.79 Å². The second-order valence-corrected chi connectivity index (χ2v) is 4.45. The second kappa shape index (κ2) is 5.12. The van der Waals surface area contributed by atoms with E-state index in [1.807, 2.05) is 6.92 Å². The van der Waals surface area contributed by atoms with E-state index in [0.717, 1.165) is 6.54 Å². The van der Waals surface area contributed by atoms with E-state index in [-0.39, 0.29) is 11.5 Å². The summed E-state index contributed by atoms with van der Waals surface area (Å²) in [6.07, 6.45) is 3.69. The lowest BCUT2D eigenvalue weighted by Gasteiger charge is -2.31. The molecule has 0 aliphatic heterocycles. The Morgan fingerprint density at radius 1 is 1.53 bits per heavy atom. The number of rotatable bonds is 4. The van der Waals surface area contributed by atoms with E-state index >= 15 is 0 Å². The lowest BCUT2D eigenvalue weighted by molar-refractivity contribution is 0.0699. The molecule has 2 rings (SSSR count). The molecule has 1 N–H and O–H groups in total. The first-order chi connectivity index (χ1) is 8.20. The summed E-state index contributed by atoms with van der Waals surface area (Å²) in [5.74, 6) is 0.539. The maximum atomic E-state index is 12.1. The van der Waals surface area contributed by atoms with Crippen molar-refractivity contribution in [2.75, 3.05) is 13.1 Å². The predicted molar refractivity (Wildman–Crippen MR) is 63.8 cm³/mol. The van der Waals surface area contributed by atoms with E-state index in [2.05, 4.69) is 10.2 Å². The third-order valence-electron chi connectivity index (χ3n) is 3.27. The van der Waals surface area contributed by atoms with Gasteiger partial charge < -0.3 is 4.90 Å². The minimum Gasteiger partial charge on any atom is -0.337 e. The molecule has 92 valence electrons. The van der Waals surface area contributed by atoms with Gasteiger partial charge in [-0.15, -0.1) is 0 Å². The van der Waals surface area contributed by atoms with Gasteiger partial charge in [-0.05, 0) is 31.7 Å². The van der Waals surface area contributed by atoms with E-state index in [0.29, 0.717) is 18.2 Å². The van der Waals surface area contributed by atoms with Crippen LogP contribution < -0.4 is 5.56 Å². The van der Waals surface area contributed by atoms with Gasteiger partial charge in [0.25, 0.3) is 11.5 Å². The number of nitrogens with zero attached hydrogens (tertiary/aromatic N) is 2. The smallest absolute Gasteiger partial charge is 0.274 e. The molecule has 1 aliphatic carbocycles. The molecule has 0 unspecified atom stereocenters. The van der Waals surface area contributed by atoms with Crippen molar-refractivity contribution in [2.45, 2.75) is 26.2 Å². The number of hydrogen-bond donors (Lipinski definition) is 1. The van der Waals surface area contributed by atoms with Crippen LogP contribution in [-0.4, -0.2) is 34.1 Å². The molecule has 0 bridgehead atoms. The first-order valence-electron chi connectivity index (χ1n) is 6.05. The van der Waals surface area contributed by atoms with Crippen LogP contribution in [0, 0.1) is 5.92 Å². The third kappa shape index (κ3) is 2.72. The monoisotopic (exact) mass is 235 g/mol. The number of hydrogen-bond acceptors (Lipinski definition) is 3. The van der Waals surface area contributed by atoms with Crippen LogP contribution in [0.4, 0.5) is 0 Å². The first kappa shape index (κ1) is 11.8. The van der Waals surface area contributed by atoms with Crippen molar-refractivity contribution in [1.29, 1.82) is 0 Å². The highest BCUT2D eigenvalue weighted by Crippen LogP contribution is 2.27. The lowest BCUT2D eigenvalue weighted by atomic mass is 9.85. The summed E-state index contributed by atoms with van der Waals surface area (Å²) < 4.78 is 0. The average molecular weight is 235 g/mol. The van der Waals surface area contributed by atoms with Crippen molar-refractivity contribution in [2.24, 2.45) is 5.92 Å². The largest absolute Gasteiger partial charge is 0.337 e. The van der Waals surface area contributed by atoms with Crippen molar-refractivity contribution >= 4 is 5.91 Å². The van der Waals surface area contributed by atoms with Crippen LogP contribution in [0.1, 0.15) is 36.7 Å². The Morgan fingerprint density at radius 3 is 2.76 bits per heavy atom. The van der Waals surface area contributed by atoms with E-state index in [9.17, 15) is 9.59 Å². The van der Waals surface area contributed by atoms with E-state index < -0.39 is 0 Å². The fourth-order valence-electron chi connectivity index (χ4n) is 1.97. The molecule has 0 atom stereocenters. The van der Waals surface area contributed by atoms with Crippen molar-refractivity contribution in [3.63, 3.8) is 0 Å². The van der Waals surface area contributed by atoms with E-state index in [4.69, 9.17) is 0 Å². The summed E-state index contributed by atoms with van der Waals surface area (Å²) in [5.41, 5.74) is 0.0226. The number of aromatic amines is 1. The van der Waals surface area contributed by atoms with E-state index in [1.54, 1.807) is 4.90 Å². The molecule has 0 spiro atoms. The van der Waals surface area contributed by atoms with Crippen LogP contribution in [0.3, 0.4) is 0 Å². The fourth-order valence-corrected chi connectivity index (χ4v) is 1.97. The van der Waals surface area contributed by atoms with Crippen LogP contribution in [0.5, 0.6) is 0 Å². The van der Waals surface area contributed by atoms with Crippen LogP contribution in [0.15, 0.2) is 16.9 Å². The first-order valence-corrected chi connectivity index (χ1v) is 6.05. The Morgan fingerprint density at radius 2 is 2.29 bits per heavy atom. The fraction of sp³-hybridized carbons (Fsp3) is 0.583. The summed E-state index contributed by atoms with van der Waals surface area (Å²) in [7, 11) is 0. The molecular weight excluding hydrogens is 218 g/mol. The van der Waals surface area contributed by atoms with Gasteiger partial charge in [-0.2, -0.15) is 5.10 Å². The zero-order valence-corrected chi connectivity index (χ0v) is 9.98. The Hall–Kier alpha value is -1.65. The molecule has 1 fully saturated rings. The summed E-state index contributed by atoms with van der Waals surface area (Å²) in [6, 6.07) is 2.81. The quantitative estimate of drug-likeness (QED) is 0.847. The van der Waals surface area contributed by atoms with Gasteiger partial charge in [-0.25, -0.2) is 5.10 Å². The zero-order valence-electron chi connectivity index (χ0n) is 9.98. The molecule has 1 saturated carbocycles. The molecule has 1 heterocycles.